The second-order valence-electron chi connectivity index (χ2n) is 5.67. The van der Waals surface area contributed by atoms with Gasteiger partial charge in [-0.25, -0.2) is 0 Å². The summed E-state index contributed by atoms with van der Waals surface area (Å²) in [6, 6.07) is 10.6. The number of hydrogen-bond acceptors (Lipinski definition) is 4. The Morgan fingerprint density at radius 1 is 1.09 bits per heavy atom. The highest BCUT2D eigenvalue weighted by atomic mass is 79.9. The zero-order valence-electron chi connectivity index (χ0n) is 12.1. The third-order valence-corrected chi connectivity index (χ3v) is 4.38. The minimum atomic E-state index is -0.0962. The fourth-order valence-electron chi connectivity index (χ4n) is 3.29. The van der Waals surface area contributed by atoms with Crippen LogP contribution in [-0.4, -0.2) is 21.9 Å². The van der Waals surface area contributed by atoms with Crippen molar-refractivity contribution in [3.05, 3.63) is 53.1 Å². The average molecular weight is 366 g/mol. The van der Waals surface area contributed by atoms with Gasteiger partial charge in [0.05, 0.1) is 0 Å². The van der Waals surface area contributed by atoms with E-state index in [9.17, 15) is 15.3 Å². The zero-order chi connectivity index (χ0) is 15.0. The van der Waals surface area contributed by atoms with Crippen LogP contribution in [0, 0.1) is 0 Å². The number of hydrogen-bond donors (Lipinski definition) is 4. The molecular weight excluding hydrogens is 346 g/mol. The fraction of sp³-hybridized carbons (Fsp3) is 0.294. The lowest BCUT2D eigenvalue weighted by molar-refractivity contribution is 0.388. The molecule has 4 nitrogen and oxygen atoms in total. The second kappa shape index (κ2) is 6.58. The Bertz CT molecular complexity index is 675. The Morgan fingerprint density at radius 3 is 2.55 bits per heavy atom. The van der Waals surface area contributed by atoms with Gasteiger partial charge in [0.2, 0.25) is 0 Å². The molecule has 0 saturated heterocycles. The molecule has 0 heterocycles. The number of aromatic hydroxyl groups is 3. The first kappa shape index (κ1) is 16.6. The topological polar surface area (TPSA) is 86.7 Å². The van der Waals surface area contributed by atoms with E-state index in [-0.39, 0.29) is 46.1 Å². The van der Waals surface area contributed by atoms with E-state index in [2.05, 4.69) is 0 Å². The minimum absolute atomic E-state index is 0. The molecule has 0 saturated carbocycles. The van der Waals surface area contributed by atoms with Crippen molar-refractivity contribution in [2.75, 3.05) is 6.54 Å². The monoisotopic (exact) mass is 365 g/mol. The molecule has 0 amide bonds. The van der Waals surface area contributed by atoms with E-state index in [1.165, 1.54) is 6.07 Å². The quantitative estimate of drug-likeness (QED) is 0.615. The molecule has 0 fully saturated rings. The maximum Gasteiger partial charge on any atom is 0.160 e. The molecule has 5 N–H and O–H groups in total. The van der Waals surface area contributed by atoms with E-state index in [0.29, 0.717) is 13.0 Å². The van der Waals surface area contributed by atoms with Crippen LogP contribution >= 0.6 is 17.0 Å². The summed E-state index contributed by atoms with van der Waals surface area (Å²) < 4.78 is 0. The standard InChI is InChI=1S/C17H19NO3.BrH/c18-9-12-6-11(10-2-1-3-13(19)7-10)8-15-14(12)4-5-16(20)17(15)21;/h1-5,7,11-12,19-21H,6,8-9,18H2;1H/t11-,12-;/m0./s1. The van der Waals surface area contributed by atoms with Gasteiger partial charge < -0.3 is 21.1 Å². The smallest absolute Gasteiger partial charge is 0.160 e. The predicted molar refractivity (Wildman–Crippen MR) is 91.1 cm³/mol. The maximum absolute atomic E-state index is 10.1. The molecule has 0 radical (unpaired) electrons. The van der Waals surface area contributed by atoms with Crippen molar-refractivity contribution in [3.8, 4) is 17.2 Å². The predicted octanol–water partition coefficient (Wildman–Crippen LogP) is 3.15. The molecular formula is C17H20BrNO3. The molecule has 3 rings (SSSR count). The van der Waals surface area contributed by atoms with Crippen molar-refractivity contribution in [3.63, 3.8) is 0 Å². The molecule has 5 heteroatoms. The molecule has 1 aliphatic carbocycles. The number of halogens is 1. The summed E-state index contributed by atoms with van der Waals surface area (Å²) in [6.45, 7) is 0.493. The van der Waals surface area contributed by atoms with Crippen LogP contribution in [0.25, 0.3) is 0 Å². The van der Waals surface area contributed by atoms with Crippen LogP contribution in [0.1, 0.15) is 34.9 Å². The van der Waals surface area contributed by atoms with Crippen molar-refractivity contribution in [1.82, 2.24) is 0 Å². The second-order valence-corrected chi connectivity index (χ2v) is 5.67. The molecule has 1 aliphatic rings. The van der Waals surface area contributed by atoms with Gasteiger partial charge in [-0.05, 0) is 60.5 Å². The van der Waals surface area contributed by atoms with Crippen molar-refractivity contribution < 1.29 is 15.3 Å². The molecule has 0 bridgehead atoms. The number of fused-ring (bicyclic) bond motifs is 1. The highest BCUT2D eigenvalue weighted by molar-refractivity contribution is 8.93. The summed E-state index contributed by atoms with van der Waals surface area (Å²) in [7, 11) is 0. The van der Waals surface area contributed by atoms with Crippen LogP contribution in [0.5, 0.6) is 17.2 Å². The van der Waals surface area contributed by atoms with E-state index in [0.717, 1.165) is 23.1 Å². The van der Waals surface area contributed by atoms with Crippen molar-refractivity contribution in [1.29, 1.82) is 0 Å². The van der Waals surface area contributed by atoms with Gasteiger partial charge in [0.25, 0.3) is 0 Å². The molecule has 118 valence electrons. The van der Waals surface area contributed by atoms with Gasteiger partial charge in [0, 0.05) is 5.56 Å². The number of phenolic OH excluding ortho intramolecular Hbond substituents is 3. The summed E-state index contributed by atoms with van der Waals surface area (Å²) in [5.74, 6) is 0.415. The van der Waals surface area contributed by atoms with Crippen LogP contribution in [0.15, 0.2) is 36.4 Å². The Labute approximate surface area is 140 Å². The Balaban J connectivity index is 0.00000176. The number of phenols is 3. The summed E-state index contributed by atoms with van der Waals surface area (Å²) >= 11 is 0. The van der Waals surface area contributed by atoms with E-state index in [1.807, 2.05) is 18.2 Å². The lowest BCUT2D eigenvalue weighted by Gasteiger charge is -2.32. The number of nitrogens with two attached hydrogens (primary N) is 1. The highest BCUT2D eigenvalue weighted by Crippen LogP contribution is 2.45. The summed E-state index contributed by atoms with van der Waals surface area (Å²) in [6.07, 6.45) is 1.51. The van der Waals surface area contributed by atoms with Gasteiger partial charge in [-0.3, -0.25) is 0 Å². The van der Waals surface area contributed by atoms with Crippen LogP contribution in [-0.2, 0) is 6.42 Å². The van der Waals surface area contributed by atoms with Gasteiger partial charge in [0.15, 0.2) is 11.5 Å². The minimum Gasteiger partial charge on any atom is -0.508 e. The third kappa shape index (κ3) is 2.91. The van der Waals surface area contributed by atoms with Crippen molar-refractivity contribution >= 4 is 17.0 Å². The number of benzene rings is 2. The molecule has 0 aromatic heterocycles. The van der Waals surface area contributed by atoms with E-state index in [1.54, 1.807) is 12.1 Å². The Kier molecular flexibility index (Phi) is 4.98. The van der Waals surface area contributed by atoms with Crippen LogP contribution < -0.4 is 5.73 Å². The number of rotatable bonds is 2. The van der Waals surface area contributed by atoms with Gasteiger partial charge in [-0.15, -0.1) is 17.0 Å². The molecule has 22 heavy (non-hydrogen) atoms. The first-order valence-corrected chi connectivity index (χ1v) is 7.13. The van der Waals surface area contributed by atoms with E-state index in [4.69, 9.17) is 5.73 Å². The molecule has 0 unspecified atom stereocenters. The van der Waals surface area contributed by atoms with Crippen molar-refractivity contribution in [2.45, 2.75) is 24.7 Å². The SMILES string of the molecule is Br.NC[C@@H]1C[C@H](c2cccc(O)c2)Cc2c1ccc(O)c2O. The van der Waals surface area contributed by atoms with Gasteiger partial charge >= 0.3 is 0 Å². The van der Waals surface area contributed by atoms with Crippen LogP contribution in [0.4, 0.5) is 0 Å². The summed E-state index contributed by atoms with van der Waals surface area (Å²) in [4.78, 5) is 0. The first-order valence-electron chi connectivity index (χ1n) is 7.13. The fourth-order valence-corrected chi connectivity index (χ4v) is 3.29. The molecule has 0 spiro atoms. The largest absolute Gasteiger partial charge is 0.508 e. The maximum atomic E-state index is 10.1. The normalized spacial score (nSPS) is 20.0. The molecule has 2 atom stereocenters. The van der Waals surface area contributed by atoms with Gasteiger partial charge in [0.1, 0.15) is 5.75 Å². The van der Waals surface area contributed by atoms with Crippen LogP contribution in [0.2, 0.25) is 0 Å². The lowest BCUT2D eigenvalue weighted by atomic mass is 9.74. The summed E-state index contributed by atoms with van der Waals surface area (Å²) in [5, 5.41) is 29.5. The highest BCUT2D eigenvalue weighted by Gasteiger charge is 2.30. The zero-order valence-corrected chi connectivity index (χ0v) is 13.8. The molecule has 2 aromatic carbocycles. The lowest BCUT2D eigenvalue weighted by Crippen LogP contribution is -2.23. The Hall–Kier alpha value is -1.72. The van der Waals surface area contributed by atoms with E-state index >= 15 is 0 Å². The Morgan fingerprint density at radius 2 is 1.86 bits per heavy atom. The third-order valence-electron chi connectivity index (χ3n) is 4.38. The first-order chi connectivity index (χ1) is 10.1. The summed E-state index contributed by atoms with van der Waals surface area (Å²) in [5.41, 5.74) is 8.70. The van der Waals surface area contributed by atoms with E-state index < -0.39 is 0 Å². The van der Waals surface area contributed by atoms with Crippen LogP contribution in [0.3, 0.4) is 0 Å². The average Bonchev–Trinajstić information content (AvgIpc) is 2.50. The molecule has 2 aromatic rings. The molecule has 0 aliphatic heterocycles. The van der Waals surface area contributed by atoms with Gasteiger partial charge in [-0.2, -0.15) is 0 Å². The van der Waals surface area contributed by atoms with Crippen molar-refractivity contribution in [2.24, 2.45) is 5.73 Å². The van der Waals surface area contributed by atoms with Gasteiger partial charge in [-0.1, -0.05) is 18.2 Å².